The van der Waals surface area contributed by atoms with E-state index in [0.29, 0.717) is 6.61 Å². The fourth-order valence-electron chi connectivity index (χ4n) is 2.72. The van der Waals surface area contributed by atoms with Crippen molar-refractivity contribution in [1.82, 2.24) is 0 Å². The van der Waals surface area contributed by atoms with Crippen LogP contribution in [0.3, 0.4) is 0 Å². The molecule has 102 valence electrons. The van der Waals surface area contributed by atoms with E-state index < -0.39 is 0 Å². The molecular weight excluding hydrogens is 234 g/mol. The minimum Gasteiger partial charge on any atom is -0.376 e. The summed E-state index contributed by atoms with van der Waals surface area (Å²) in [7, 11) is 0. The van der Waals surface area contributed by atoms with Crippen LogP contribution in [0.15, 0.2) is 24.3 Å². The number of nitriles is 1. The summed E-state index contributed by atoms with van der Waals surface area (Å²) < 4.78 is 5.80. The van der Waals surface area contributed by atoms with Gasteiger partial charge in [-0.3, -0.25) is 0 Å². The Balaban J connectivity index is 2.04. The smallest absolute Gasteiger partial charge is 0.0694 e. The van der Waals surface area contributed by atoms with Crippen LogP contribution in [-0.4, -0.2) is 12.2 Å². The van der Waals surface area contributed by atoms with Gasteiger partial charge in [-0.05, 0) is 57.6 Å². The van der Waals surface area contributed by atoms with Crippen LogP contribution in [0, 0.1) is 16.7 Å². The maximum atomic E-state index is 9.59. The quantitative estimate of drug-likeness (QED) is 0.823. The zero-order valence-electron chi connectivity index (χ0n) is 12.2. The molecular formula is C17H23NO. The Morgan fingerprint density at radius 2 is 1.95 bits per heavy atom. The number of hydrogen-bond acceptors (Lipinski definition) is 2. The fourth-order valence-corrected chi connectivity index (χ4v) is 2.72. The zero-order chi connectivity index (χ0) is 13.9. The molecule has 1 unspecified atom stereocenters. The molecule has 1 aliphatic rings. The second-order valence-electron chi connectivity index (χ2n) is 6.55. The normalized spacial score (nSPS) is 22.6. The first-order valence-corrected chi connectivity index (χ1v) is 7.06. The van der Waals surface area contributed by atoms with Crippen molar-refractivity contribution >= 4 is 0 Å². The molecule has 0 saturated carbocycles. The van der Waals surface area contributed by atoms with Gasteiger partial charge in [0.2, 0.25) is 0 Å². The van der Waals surface area contributed by atoms with E-state index in [4.69, 9.17) is 4.74 Å². The van der Waals surface area contributed by atoms with Crippen LogP contribution in [0.1, 0.15) is 44.7 Å². The number of rotatable bonds is 3. The largest absolute Gasteiger partial charge is 0.376 e. The maximum Gasteiger partial charge on any atom is 0.0694 e. The molecule has 1 aliphatic carbocycles. The van der Waals surface area contributed by atoms with Crippen LogP contribution in [-0.2, 0) is 17.6 Å². The first-order valence-electron chi connectivity index (χ1n) is 7.06. The number of fused-ring (bicyclic) bond motifs is 1. The third-order valence-corrected chi connectivity index (χ3v) is 3.87. The molecule has 2 heteroatoms. The lowest BCUT2D eigenvalue weighted by Crippen LogP contribution is -2.30. The van der Waals surface area contributed by atoms with Crippen LogP contribution >= 0.6 is 0 Å². The Kier molecular flexibility index (Phi) is 3.96. The van der Waals surface area contributed by atoms with Gasteiger partial charge in [-0.15, -0.1) is 0 Å². The van der Waals surface area contributed by atoms with E-state index in [2.05, 4.69) is 51.1 Å². The van der Waals surface area contributed by atoms with Crippen LogP contribution in [0.2, 0.25) is 0 Å². The average Bonchev–Trinajstić information content (AvgIpc) is 2.37. The highest BCUT2D eigenvalue weighted by molar-refractivity contribution is 5.32. The number of ether oxygens (including phenoxy) is 1. The summed E-state index contributed by atoms with van der Waals surface area (Å²) in [4.78, 5) is 0. The third-order valence-electron chi connectivity index (χ3n) is 3.87. The summed E-state index contributed by atoms with van der Waals surface area (Å²) in [5.41, 5.74) is 2.39. The van der Waals surface area contributed by atoms with Crippen molar-refractivity contribution in [3.8, 4) is 6.07 Å². The Morgan fingerprint density at radius 1 is 1.26 bits per heavy atom. The van der Waals surface area contributed by atoms with Gasteiger partial charge in [0, 0.05) is 6.61 Å². The highest BCUT2D eigenvalue weighted by Crippen LogP contribution is 2.38. The fraction of sp³-hybridized carbons (Fsp3) is 0.588. The first kappa shape index (κ1) is 14.1. The Morgan fingerprint density at radius 3 is 2.58 bits per heavy atom. The topological polar surface area (TPSA) is 33.0 Å². The average molecular weight is 257 g/mol. The van der Waals surface area contributed by atoms with E-state index in [0.717, 1.165) is 25.7 Å². The molecule has 0 heterocycles. The van der Waals surface area contributed by atoms with Crippen LogP contribution < -0.4 is 0 Å². The monoisotopic (exact) mass is 257 g/mol. The van der Waals surface area contributed by atoms with E-state index in [9.17, 15) is 5.26 Å². The van der Waals surface area contributed by atoms with Gasteiger partial charge in [-0.25, -0.2) is 0 Å². The van der Waals surface area contributed by atoms with E-state index in [1.165, 1.54) is 11.1 Å². The summed E-state index contributed by atoms with van der Waals surface area (Å²) in [5, 5.41) is 9.59. The summed E-state index contributed by atoms with van der Waals surface area (Å²) in [6, 6.07) is 11.1. The molecule has 0 fully saturated rings. The second-order valence-corrected chi connectivity index (χ2v) is 6.55. The van der Waals surface area contributed by atoms with Crippen molar-refractivity contribution in [2.45, 2.75) is 52.1 Å². The standard InChI is InChI=1S/C17H23NO/c1-16(2,3)19-11-10-17(13-18)9-8-14-6-4-5-7-15(14)12-17/h4-7H,8-12H2,1-3H3. The Labute approximate surface area is 116 Å². The second kappa shape index (κ2) is 5.35. The summed E-state index contributed by atoms with van der Waals surface area (Å²) >= 11 is 0. The highest BCUT2D eigenvalue weighted by Gasteiger charge is 2.34. The van der Waals surface area contributed by atoms with Crippen molar-refractivity contribution in [2.24, 2.45) is 5.41 Å². The minimum absolute atomic E-state index is 0.122. The molecule has 1 aromatic carbocycles. The van der Waals surface area contributed by atoms with Crippen molar-refractivity contribution in [2.75, 3.05) is 6.61 Å². The van der Waals surface area contributed by atoms with E-state index in [1.807, 2.05) is 0 Å². The summed E-state index contributed by atoms with van der Waals surface area (Å²) in [6.45, 7) is 6.84. The highest BCUT2D eigenvalue weighted by atomic mass is 16.5. The maximum absolute atomic E-state index is 9.59. The van der Waals surface area contributed by atoms with Gasteiger partial charge < -0.3 is 4.74 Å². The number of benzene rings is 1. The summed E-state index contributed by atoms with van der Waals surface area (Å²) in [6.07, 6.45) is 3.66. The van der Waals surface area contributed by atoms with Gasteiger partial charge in [-0.1, -0.05) is 24.3 Å². The molecule has 2 nitrogen and oxygen atoms in total. The molecule has 1 atom stereocenters. The molecule has 19 heavy (non-hydrogen) atoms. The SMILES string of the molecule is CC(C)(C)OCCC1(C#N)CCc2ccccc2C1. The molecule has 1 aromatic rings. The van der Waals surface area contributed by atoms with Crippen LogP contribution in [0.5, 0.6) is 0 Å². The predicted molar refractivity (Wildman–Crippen MR) is 76.8 cm³/mol. The zero-order valence-corrected chi connectivity index (χ0v) is 12.2. The number of hydrogen-bond donors (Lipinski definition) is 0. The molecule has 0 N–H and O–H groups in total. The van der Waals surface area contributed by atoms with E-state index in [-0.39, 0.29) is 11.0 Å². The molecule has 0 aliphatic heterocycles. The summed E-state index contributed by atoms with van der Waals surface area (Å²) in [5.74, 6) is 0. The third kappa shape index (κ3) is 3.58. The number of aryl methyl sites for hydroxylation is 1. The number of nitrogens with zero attached hydrogens (tertiary/aromatic N) is 1. The lowest BCUT2D eigenvalue weighted by atomic mass is 9.71. The Bertz CT molecular complexity index is 481. The van der Waals surface area contributed by atoms with Crippen molar-refractivity contribution < 1.29 is 4.74 Å². The van der Waals surface area contributed by atoms with Crippen molar-refractivity contribution in [1.29, 1.82) is 5.26 Å². The lowest BCUT2D eigenvalue weighted by molar-refractivity contribution is -0.0149. The lowest BCUT2D eigenvalue weighted by Gasteiger charge is -2.33. The molecule has 0 amide bonds. The van der Waals surface area contributed by atoms with Gasteiger partial charge in [0.25, 0.3) is 0 Å². The van der Waals surface area contributed by atoms with Gasteiger partial charge >= 0.3 is 0 Å². The van der Waals surface area contributed by atoms with E-state index >= 15 is 0 Å². The van der Waals surface area contributed by atoms with Crippen molar-refractivity contribution in [3.63, 3.8) is 0 Å². The molecule has 2 rings (SSSR count). The van der Waals surface area contributed by atoms with E-state index in [1.54, 1.807) is 0 Å². The van der Waals surface area contributed by atoms with Gasteiger partial charge in [0.15, 0.2) is 0 Å². The molecule has 0 spiro atoms. The van der Waals surface area contributed by atoms with Gasteiger partial charge in [-0.2, -0.15) is 5.26 Å². The molecule has 0 radical (unpaired) electrons. The molecule has 0 saturated heterocycles. The van der Waals surface area contributed by atoms with Gasteiger partial charge in [0.05, 0.1) is 17.1 Å². The van der Waals surface area contributed by atoms with Crippen molar-refractivity contribution in [3.05, 3.63) is 35.4 Å². The Hall–Kier alpha value is -1.33. The van der Waals surface area contributed by atoms with Gasteiger partial charge in [0.1, 0.15) is 0 Å². The minimum atomic E-state index is -0.237. The first-order chi connectivity index (χ1) is 8.94. The predicted octanol–water partition coefficient (Wildman–Crippen LogP) is 3.89. The molecule has 0 bridgehead atoms. The van der Waals surface area contributed by atoms with Crippen LogP contribution in [0.25, 0.3) is 0 Å². The van der Waals surface area contributed by atoms with Crippen LogP contribution in [0.4, 0.5) is 0 Å². The molecule has 0 aromatic heterocycles.